The van der Waals surface area contributed by atoms with Gasteiger partial charge in [0.25, 0.3) is 5.69 Å². The summed E-state index contributed by atoms with van der Waals surface area (Å²) in [4.78, 5) is 12.7. The van der Waals surface area contributed by atoms with E-state index in [4.69, 9.17) is 16.3 Å². The summed E-state index contributed by atoms with van der Waals surface area (Å²) in [5.41, 5.74) is 2.27. The number of nitro benzene ring substituents is 1. The van der Waals surface area contributed by atoms with Crippen LogP contribution in [0, 0.1) is 16.0 Å². The second kappa shape index (κ2) is 8.29. The van der Waals surface area contributed by atoms with Gasteiger partial charge in [-0.05, 0) is 59.7 Å². The van der Waals surface area contributed by atoms with Crippen LogP contribution in [-0.4, -0.2) is 25.1 Å². The molecule has 0 radical (unpaired) electrons. The molecule has 0 spiro atoms. The Bertz CT molecular complexity index is 1050. The number of halogens is 1. The summed E-state index contributed by atoms with van der Waals surface area (Å²) in [6.45, 7) is 1.82. The van der Waals surface area contributed by atoms with Gasteiger partial charge in [0.2, 0.25) is 0 Å². The highest BCUT2D eigenvalue weighted by molar-refractivity contribution is 6.33. The zero-order valence-corrected chi connectivity index (χ0v) is 17.1. The summed E-state index contributed by atoms with van der Waals surface area (Å²) < 4.78 is 5.30. The van der Waals surface area contributed by atoms with Crippen molar-refractivity contribution >= 4 is 33.7 Å². The number of methoxy groups -OCH3 is 1. The molecule has 6 heteroatoms. The number of hydrogen-bond donors (Lipinski definition) is 0. The third-order valence-electron chi connectivity index (χ3n) is 5.73. The lowest BCUT2D eigenvalue weighted by molar-refractivity contribution is -0.384. The van der Waals surface area contributed by atoms with Gasteiger partial charge < -0.3 is 9.64 Å². The molecule has 0 unspecified atom stereocenters. The van der Waals surface area contributed by atoms with E-state index >= 15 is 0 Å². The van der Waals surface area contributed by atoms with Crippen molar-refractivity contribution in [1.29, 1.82) is 0 Å². The lowest BCUT2D eigenvalue weighted by atomic mass is 9.89. The van der Waals surface area contributed by atoms with E-state index < -0.39 is 4.92 Å². The maximum Gasteiger partial charge on any atom is 0.271 e. The Morgan fingerprint density at radius 1 is 1.07 bits per heavy atom. The van der Waals surface area contributed by atoms with E-state index in [1.807, 2.05) is 6.07 Å². The second-order valence-electron chi connectivity index (χ2n) is 7.57. The van der Waals surface area contributed by atoms with Crippen LogP contribution in [0.5, 0.6) is 5.75 Å². The number of hydrogen-bond acceptors (Lipinski definition) is 4. The van der Waals surface area contributed by atoms with Gasteiger partial charge in [0.1, 0.15) is 5.75 Å². The first kappa shape index (κ1) is 19.5. The predicted octanol–water partition coefficient (Wildman–Crippen LogP) is 5.87. The van der Waals surface area contributed by atoms with Crippen LogP contribution in [0.3, 0.4) is 0 Å². The van der Waals surface area contributed by atoms with Gasteiger partial charge in [0.05, 0.1) is 22.7 Å². The van der Waals surface area contributed by atoms with Gasteiger partial charge in [-0.2, -0.15) is 0 Å². The molecule has 1 aliphatic heterocycles. The standard InChI is InChI=1S/C23H23ClN2O3/c1-29-21-6-4-18-13-17(2-3-19(18)14-21)12-16-8-10-25(11-9-16)23-7-5-20(26(27)28)15-22(23)24/h2-7,13-16H,8-12H2,1H3. The summed E-state index contributed by atoms with van der Waals surface area (Å²) in [6.07, 6.45) is 3.21. The second-order valence-corrected chi connectivity index (χ2v) is 7.98. The van der Waals surface area contributed by atoms with Crippen LogP contribution < -0.4 is 9.64 Å². The van der Waals surface area contributed by atoms with Crippen molar-refractivity contribution in [2.75, 3.05) is 25.1 Å². The van der Waals surface area contributed by atoms with E-state index in [0.717, 1.165) is 43.8 Å². The molecule has 1 heterocycles. The molecule has 0 N–H and O–H groups in total. The Balaban J connectivity index is 1.40. The zero-order chi connectivity index (χ0) is 20.4. The van der Waals surface area contributed by atoms with Gasteiger partial charge in [0, 0.05) is 25.2 Å². The number of fused-ring (bicyclic) bond motifs is 1. The fourth-order valence-electron chi connectivity index (χ4n) is 4.10. The van der Waals surface area contributed by atoms with Gasteiger partial charge in [-0.25, -0.2) is 0 Å². The molecule has 0 aromatic heterocycles. The molecule has 4 rings (SSSR count). The van der Waals surface area contributed by atoms with E-state index in [0.29, 0.717) is 10.9 Å². The summed E-state index contributed by atoms with van der Waals surface area (Å²) in [5.74, 6) is 1.50. The maximum atomic E-state index is 10.9. The van der Waals surface area contributed by atoms with Crippen molar-refractivity contribution in [2.45, 2.75) is 19.3 Å². The van der Waals surface area contributed by atoms with E-state index in [1.54, 1.807) is 13.2 Å². The first-order valence-electron chi connectivity index (χ1n) is 9.79. The minimum Gasteiger partial charge on any atom is -0.497 e. The van der Waals surface area contributed by atoms with Crippen molar-refractivity contribution in [3.63, 3.8) is 0 Å². The van der Waals surface area contributed by atoms with Gasteiger partial charge >= 0.3 is 0 Å². The van der Waals surface area contributed by atoms with Crippen molar-refractivity contribution in [3.05, 3.63) is 75.3 Å². The fourth-order valence-corrected chi connectivity index (χ4v) is 4.40. The highest BCUT2D eigenvalue weighted by Gasteiger charge is 2.22. The molecule has 0 saturated carbocycles. The van der Waals surface area contributed by atoms with Gasteiger partial charge in [-0.15, -0.1) is 0 Å². The minimum atomic E-state index is -0.415. The number of benzene rings is 3. The van der Waals surface area contributed by atoms with Crippen molar-refractivity contribution in [2.24, 2.45) is 5.92 Å². The number of nitro groups is 1. The first-order valence-corrected chi connectivity index (χ1v) is 10.2. The molecule has 1 aliphatic rings. The SMILES string of the molecule is COc1ccc2cc(CC3CCN(c4ccc([N+](=O)[O-])cc4Cl)CC3)ccc2c1. The molecule has 0 atom stereocenters. The third-order valence-corrected chi connectivity index (χ3v) is 6.04. The summed E-state index contributed by atoms with van der Waals surface area (Å²) in [6, 6.07) is 17.5. The first-order chi connectivity index (χ1) is 14.0. The number of piperidine rings is 1. The van der Waals surface area contributed by atoms with Crippen LogP contribution in [0.15, 0.2) is 54.6 Å². The number of non-ortho nitro benzene ring substituents is 1. The van der Waals surface area contributed by atoms with E-state index in [1.165, 1.54) is 28.5 Å². The molecule has 1 fully saturated rings. The van der Waals surface area contributed by atoms with Gasteiger partial charge in [-0.1, -0.05) is 35.9 Å². The smallest absolute Gasteiger partial charge is 0.271 e. The van der Waals surface area contributed by atoms with Crippen LogP contribution >= 0.6 is 11.6 Å². The molecule has 0 bridgehead atoms. The third kappa shape index (κ3) is 4.30. The Hall–Kier alpha value is -2.79. The van der Waals surface area contributed by atoms with Crippen LogP contribution in [0.2, 0.25) is 5.02 Å². The Morgan fingerprint density at radius 2 is 1.79 bits per heavy atom. The van der Waals surface area contributed by atoms with Crippen molar-refractivity contribution < 1.29 is 9.66 Å². The zero-order valence-electron chi connectivity index (χ0n) is 16.3. The molecule has 3 aromatic rings. The lowest BCUT2D eigenvalue weighted by Crippen LogP contribution is -2.34. The van der Waals surface area contributed by atoms with E-state index in [9.17, 15) is 10.1 Å². The van der Waals surface area contributed by atoms with Crippen LogP contribution in [0.4, 0.5) is 11.4 Å². The predicted molar refractivity (Wildman–Crippen MR) is 117 cm³/mol. The Labute approximate surface area is 175 Å². The molecule has 5 nitrogen and oxygen atoms in total. The average Bonchev–Trinajstić information content (AvgIpc) is 2.74. The molecule has 1 saturated heterocycles. The summed E-state index contributed by atoms with van der Waals surface area (Å²) >= 11 is 6.29. The summed E-state index contributed by atoms with van der Waals surface area (Å²) in [7, 11) is 1.69. The number of anilines is 1. The molecule has 150 valence electrons. The number of ether oxygens (including phenoxy) is 1. The Kier molecular flexibility index (Phi) is 5.58. The highest BCUT2D eigenvalue weighted by atomic mass is 35.5. The van der Waals surface area contributed by atoms with E-state index in [-0.39, 0.29) is 5.69 Å². The summed E-state index contributed by atoms with van der Waals surface area (Å²) in [5, 5.41) is 13.8. The van der Waals surface area contributed by atoms with Gasteiger partial charge in [-0.3, -0.25) is 10.1 Å². The van der Waals surface area contributed by atoms with Crippen molar-refractivity contribution in [3.8, 4) is 5.75 Å². The number of rotatable bonds is 5. The quantitative estimate of drug-likeness (QED) is 0.390. The Morgan fingerprint density at radius 3 is 2.48 bits per heavy atom. The van der Waals surface area contributed by atoms with Crippen LogP contribution in [0.1, 0.15) is 18.4 Å². The molecular formula is C23H23ClN2O3. The fraction of sp³-hybridized carbons (Fsp3) is 0.304. The molecular weight excluding hydrogens is 388 g/mol. The largest absolute Gasteiger partial charge is 0.497 e. The van der Waals surface area contributed by atoms with E-state index in [2.05, 4.69) is 35.2 Å². The lowest BCUT2D eigenvalue weighted by Gasteiger charge is -2.34. The minimum absolute atomic E-state index is 0.0301. The van der Waals surface area contributed by atoms with Crippen LogP contribution in [0.25, 0.3) is 10.8 Å². The maximum absolute atomic E-state index is 10.9. The van der Waals surface area contributed by atoms with Crippen molar-refractivity contribution in [1.82, 2.24) is 0 Å². The molecule has 0 aliphatic carbocycles. The van der Waals surface area contributed by atoms with Crippen LogP contribution in [-0.2, 0) is 6.42 Å². The molecule has 29 heavy (non-hydrogen) atoms. The monoisotopic (exact) mass is 410 g/mol. The molecule has 3 aromatic carbocycles. The average molecular weight is 411 g/mol. The number of nitrogens with zero attached hydrogens (tertiary/aromatic N) is 2. The highest BCUT2D eigenvalue weighted by Crippen LogP contribution is 2.33. The molecule has 0 amide bonds. The topological polar surface area (TPSA) is 55.6 Å². The van der Waals surface area contributed by atoms with Gasteiger partial charge in [0.15, 0.2) is 0 Å². The normalized spacial score (nSPS) is 14.9.